The lowest BCUT2D eigenvalue weighted by Crippen LogP contribution is -2.47. The Kier molecular flexibility index (Phi) is 7.13. The van der Waals surface area contributed by atoms with Crippen LogP contribution in [0.3, 0.4) is 0 Å². The molecule has 2 fully saturated rings. The monoisotopic (exact) mass is 456 g/mol. The van der Waals surface area contributed by atoms with Gasteiger partial charge in [-0.1, -0.05) is 18.2 Å². The number of aryl methyl sites for hydroxylation is 1. The van der Waals surface area contributed by atoms with Crippen molar-refractivity contribution in [3.63, 3.8) is 0 Å². The fraction of sp³-hybridized carbons (Fsp3) is 0.458. The first-order valence-corrected chi connectivity index (χ1v) is 12.8. The lowest BCUT2D eigenvalue weighted by molar-refractivity contribution is 0.0951. The molecule has 1 aliphatic carbocycles. The summed E-state index contributed by atoms with van der Waals surface area (Å²) in [7, 11) is -3.56. The summed E-state index contributed by atoms with van der Waals surface area (Å²) < 4.78 is 27.4. The molecule has 2 aliphatic rings. The Bertz CT molecular complexity index is 1040. The zero-order valence-electron chi connectivity index (χ0n) is 18.6. The van der Waals surface area contributed by atoms with Gasteiger partial charge in [0, 0.05) is 50.0 Å². The fourth-order valence-corrected chi connectivity index (χ4v) is 5.30. The number of hydrogen-bond donors (Lipinski definition) is 2. The Balaban J connectivity index is 1.19. The van der Waals surface area contributed by atoms with Crippen LogP contribution in [0.4, 0.5) is 5.69 Å². The molecule has 2 aromatic rings. The van der Waals surface area contributed by atoms with Gasteiger partial charge in [-0.2, -0.15) is 0 Å². The first-order chi connectivity index (χ1) is 15.4. The second-order valence-electron chi connectivity index (χ2n) is 8.70. The lowest BCUT2D eigenvalue weighted by Gasteiger charge is -2.36. The van der Waals surface area contributed by atoms with Crippen molar-refractivity contribution >= 4 is 21.6 Å². The molecule has 0 bridgehead atoms. The van der Waals surface area contributed by atoms with E-state index in [0.717, 1.165) is 52.0 Å². The molecule has 4 rings (SSSR count). The van der Waals surface area contributed by atoms with Crippen molar-refractivity contribution in [2.24, 2.45) is 0 Å². The maximum absolute atomic E-state index is 12.5. The zero-order valence-corrected chi connectivity index (χ0v) is 19.4. The van der Waals surface area contributed by atoms with Crippen molar-refractivity contribution in [3.05, 3.63) is 59.7 Å². The smallest absolute Gasteiger partial charge is 0.251 e. The molecule has 0 atom stereocenters. The molecule has 0 unspecified atom stereocenters. The second-order valence-corrected chi connectivity index (χ2v) is 10.4. The van der Waals surface area contributed by atoms with E-state index in [1.807, 2.05) is 0 Å². The highest BCUT2D eigenvalue weighted by atomic mass is 32.2. The van der Waals surface area contributed by atoms with Crippen molar-refractivity contribution in [2.45, 2.75) is 37.1 Å². The van der Waals surface area contributed by atoms with E-state index in [4.69, 9.17) is 0 Å². The number of anilines is 1. The van der Waals surface area contributed by atoms with Gasteiger partial charge in [-0.05, 0) is 68.6 Å². The van der Waals surface area contributed by atoms with E-state index in [9.17, 15) is 13.2 Å². The minimum Gasteiger partial charge on any atom is -0.369 e. The number of sulfonamides is 1. The SMILES string of the molecule is Cc1cccc(N2CCN(CCCNC(=O)c3cccc(S(=O)(=O)NC4CC4)c3)CC2)c1. The predicted octanol–water partition coefficient (Wildman–Crippen LogP) is 2.38. The average molecular weight is 457 g/mol. The number of hydrogen-bond acceptors (Lipinski definition) is 5. The van der Waals surface area contributed by atoms with E-state index in [1.54, 1.807) is 12.1 Å². The number of nitrogens with one attached hydrogen (secondary N) is 2. The minimum atomic E-state index is -3.56. The summed E-state index contributed by atoms with van der Waals surface area (Å²) in [5, 5.41) is 2.92. The normalized spacial score (nSPS) is 17.3. The van der Waals surface area contributed by atoms with E-state index in [0.29, 0.717) is 12.1 Å². The van der Waals surface area contributed by atoms with Crippen LogP contribution in [0.25, 0.3) is 0 Å². The van der Waals surface area contributed by atoms with Crippen LogP contribution in [0, 0.1) is 6.92 Å². The van der Waals surface area contributed by atoms with Gasteiger partial charge in [0.25, 0.3) is 5.91 Å². The predicted molar refractivity (Wildman–Crippen MR) is 127 cm³/mol. The summed E-state index contributed by atoms with van der Waals surface area (Å²) in [5.74, 6) is -0.238. The number of carbonyl (C=O) groups is 1. The Hall–Kier alpha value is -2.42. The number of nitrogens with zero attached hydrogens (tertiary/aromatic N) is 2. The quantitative estimate of drug-likeness (QED) is 0.566. The topological polar surface area (TPSA) is 81.8 Å². The van der Waals surface area contributed by atoms with Crippen LogP contribution >= 0.6 is 0 Å². The highest BCUT2D eigenvalue weighted by molar-refractivity contribution is 7.89. The van der Waals surface area contributed by atoms with E-state index in [1.165, 1.54) is 23.4 Å². The van der Waals surface area contributed by atoms with E-state index >= 15 is 0 Å². The van der Waals surface area contributed by atoms with E-state index < -0.39 is 10.0 Å². The van der Waals surface area contributed by atoms with Gasteiger partial charge in [0.15, 0.2) is 0 Å². The molecular weight excluding hydrogens is 424 g/mol. The van der Waals surface area contributed by atoms with Crippen LogP contribution in [0.15, 0.2) is 53.4 Å². The van der Waals surface area contributed by atoms with Crippen molar-refractivity contribution in [1.82, 2.24) is 14.9 Å². The number of amides is 1. The summed E-state index contributed by atoms with van der Waals surface area (Å²) >= 11 is 0. The first kappa shape index (κ1) is 22.8. The number of carbonyl (C=O) groups excluding carboxylic acids is 1. The van der Waals surface area contributed by atoms with Gasteiger partial charge in [0.05, 0.1) is 4.90 Å². The van der Waals surface area contributed by atoms with Gasteiger partial charge in [-0.15, -0.1) is 0 Å². The molecule has 1 aliphatic heterocycles. The van der Waals surface area contributed by atoms with Crippen molar-refractivity contribution < 1.29 is 13.2 Å². The third kappa shape index (κ3) is 6.09. The third-order valence-corrected chi connectivity index (χ3v) is 7.50. The molecule has 2 aromatic carbocycles. The number of piperazine rings is 1. The van der Waals surface area contributed by atoms with Crippen LogP contribution < -0.4 is 14.9 Å². The van der Waals surface area contributed by atoms with Crippen LogP contribution in [0.5, 0.6) is 0 Å². The Morgan fingerprint density at radius 3 is 2.50 bits per heavy atom. The summed E-state index contributed by atoms with van der Waals surface area (Å²) in [6.07, 6.45) is 2.61. The Labute approximate surface area is 190 Å². The molecule has 0 aromatic heterocycles. The van der Waals surface area contributed by atoms with Gasteiger partial charge in [-0.3, -0.25) is 9.69 Å². The fourth-order valence-electron chi connectivity index (χ4n) is 3.95. The molecular formula is C24H32N4O3S. The van der Waals surface area contributed by atoms with Gasteiger partial charge >= 0.3 is 0 Å². The van der Waals surface area contributed by atoms with E-state index in [2.05, 4.69) is 51.0 Å². The first-order valence-electron chi connectivity index (χ1n) is 11.4. The van der Waals surface area contributed by atoms with Gasteiger partial charge in [0.2, 0.25) is 10.0 Å². The number of benzene rings is 2. The molecule has 0 spiro atoms. The van der Waals surface area contributed by atoms with Crippen LogP contribution in [-0.4, -0.2) is 64.5 Å². The molecule has 1 amide bonds. The summed E-state index contributed by atoms with van der Waals surface area (Å²) in [6.45, 7) is 7.65. The van der Waals surface area contributed by atoms with Gasteiger partial charge < -0.3 is 10.2 Å². The molecule has 1 saturated carbocycles. The maximum Gasteiger partial charge on any atom is 0.251 e. The van der Waals surface area contributed by atoms with Gasteiger partial charge in [0.1, 0.15) is 0 Å². The second kappa shape index (κ2) is 10.0. The van der Waals surface area contributed by atoms with Crippen molar-refractivity contribution in [3.8, 4) is 0 Å². The number of rotatable bonds is 9. The molecule has 172 valence electrons. The molecule has 1 heterocycles. The minimum absolute atomic E-state index is 0.0381. The highest BCUT2D eigenvalue weighted by Crippen LogP contribution is 2.22. The molecule has 1 saturated heterocycles. The standard InChI is InChI=1S/C24H32N4O3S/c1-19-5-2-7-22(17-19)28-15-13-27(14-16-28)12-4-11-25-24(29)20-6-3-8-23(18-20)32(30,31)26-21-9-10-21/h2-3,5-8,17-18,21,26H,4,9-16H2,1H3,(H,25,29). The Morgan fingerprint density at radius 1 is 1.03 bits per heavy atom. The van der Waals surface area contributed by atoms with Gasteiger partial charge in [-0.25, -0.2) is 13.1 Å². The van der Waals surface area contributed by atoms with Crippen LogP contribution in [-0.2, 0) is 10.0 Å². The summed E-state index contributed by atoms with van der Waals surface area (Å²) in [4.78, 5) is 17.5. The zero-order chi connectivity index (χ0) is 22.6. The summed E-state index contributed by atoms with van der Waals surface area (Å²) in [5.41, 5.74) is 2.94. The molecule has 7 nitrogen and oxygen atoms in total. The largest absolute Gasteiger partial charge is 0.369 e. The van der Waals surface area contributed by atoms with E-state index in [-0.39, 0.29) is 16.8 Å². The van der Waals surface area contributed by atoms with Crippen LogP contribution in [0.1, 0.15) is 35.2 Å². The molecule has 8 heteroatoms. The Morgan fingerprint density at radius 2 is 1.78 bits per heavy atom. The third-order valence-electron chi connectivity index (χ3n) is 5.98. The molecule has 32 heavy (non-hydrogen) atoms. The summed E-state index contributed by atoms with van der Waals surface area (Å²) in [6, 6.07) is 14.9. The average Bonchev–Trinajstić information content (AvgIpc) is 3.60. The molecule has 0 radical (unpaired) electrons. The lowest BCUT2D eigenvalue weighted by atomic mass is 10.2. The van der Waals surface area contributed by atoms with Crippen LogP contribution in [0.2, 0.25) is 0 Å². The van der Waals surface area contributed by atoms with Crippen molar-refractivity contribution in [1.29, 1.82) is 0 Å². The molecule has 2 N–H and O–H groups in total. The highest BCUT2D eigenvalue weighted by Gasteiger charge is 2.28. The van der Waals surface area contributed by atoms with Crippen molar-refractivity contribution in [2.75, 3.05) is 44.2 Å². The maximum atomic E-state index is 12.5.